The number of rotatable bonds is 9. The monoisotopic (exact) mass is 394 g/mol. The lowest BCUT2D eigenvalue weighted by Crippen LogP contribution is -2.30. The van der Waals surface area contributed by atoms with Gasteiger partial charge in [0.15, 0.2) is 0 Å². The largest absolute Gasteiger partial charge is 0.494 e. The predicted octanol–water partition coefficient (Wildman–Crippen LogP) is 5.65. The fraction of sp³-hybridized carbons (Fsp3) is 0.480. The molecule has 2 aromatic rings. The van der Waals surface area contributed by atoms with Crippen LogP contribution in [-0.2, 0) is 11.3 Å². The molecule has 1 aliphatic carbocycles. The van der Waals surface area contributed by atoms with Crippen LogP contribution in [0.25, 0.3) is 0 Å². The van der Waals surface area contributed by atoms with Crippen LogP contribution in [0.4, 0.5) is 11.4 Å². The van der Waals surface area contributed by atoms with Crippen molar-refractivity contribution in [3.63, 3.8) is 0 Å². The highest BCUT2D eigenvalue weighted by molar-refractivity contribution is 5.93. The number of anilines is 2. The molecule has 0 atom stereocenters. The third-order valence-corrected chi connectivity index (χ3v) is 5.80. The summed E-state index contributed by atoms with van der Waals surface area (Å²) in [7, 11) is 4.07. The van der Waals surface area contributed by atoms with Gasteiger partial charge in [-0.15, -0.1) is 0 Å². The van der Waals surface area contributed by atoms with E-state index in [1.54, 1.807) is 0 Å². The average molecular weight is 395 g/mol. The van der Waals surface area contributed by atoms with Crippen molar-refractivity contribution in [3.05, 3.63) is 54.1 Å². The lowest BCUT2D eigenvalue weighted by Gasteiger charge is -2.24. The highest BCUT2D eigenvalue weighted by atomic mass is 16.5. The lowest BCUT2D eigenvalue weighted by atomic mass is 10.0. The molecule has 3 rings (SSSR count). The van der Waals surface area contributed by atoms with Crippen molar-refractivity contribution in [2.45, 2.75) is 52.0 Å². The van der Waals surface area contributed by atoms with Crippen molar-refractivity contribution in [2.24, 2.45) is 5.92 Å². The van der Waals surface area contributed by atoms with Gasteiger partial charge in [0.1, 0.15) is 5.75 Å². The van der Waals surface area contributed by atoms with Gasteiger partial charge in [-0.1, -0.05) is 37.8 Å². The molecule has 0 bridgehead atoms. The molecule has 1 fully saturated rings. The summed E-state index contributed by atoms with van der Waals surface area (Å²) in [5.41, 5.74) is 3.23. The molecule has 1 amide bonds. The SMILES string of the molecule is CCOc1ccc(N(Cc2ccc(N(C)C)cc2)C(=O)CCC2CCCC2)cc1. The summed E-state index contributed by atoms with van der Waals surface area (Å²) >= 11 is 0. The molecule has 0 unspecified atom stereocenters. The Morgan fingerprint density at radius 3 is 2.17 bits per heavy atom. The van der Waals surface area contributed by atoms with Gasteiger partial charge in [-0.25, -0.2) is 0 Å². The van der Waals surface area contributed by atoms with Gasteiger partial charge < -0.3 is 14.5 Å². The summed E-state index contributed by atoms with van der Waals surface area (Å²) in [4.78, 5) is 17.2. The second kappa shape index (κ2) is 10.3. The molecule has 1 aliphatic rings. The van der Waals surface area contributed by atoms with Gasteiger partial charge in [-0.3, -0.25) is 4.79 Å². The number of hydrogen-bond donors (Lipinski definition) is 0. The molecule has 0 radical (unpaired) electrons. The summed E-state index contributed by atoms with van der Waals surface area (Å²) < 4.78 is 5.56. The molecule has 2 aromatic carbocycles. The number of benzene rings is 2. The Kier molecular flexibility index (Phi) is 7.56. The molecule has 4 nitrogen and oxygen atoms in total. The van der Waals surface area contributed by atoms with E-state index in [2.05, 4.69) is 29.2 Å². The summed E-state index contributed by atoms with van der Waals surface area (Å²) in [6.07, 6.45) is 6.82. The van der Waals surface area contributed by atoms with Crippen molar-refractivity contribution in [1.29, 1.82) is 0 Å². The third kappa shape index (κ3) is 5.99. The molecule has 1 saturated carbocycles. The maximum Gasteiger partial charge on any atom is 0.227 e. The first-order valence-corrected chi connectivity index (χ1v) is 10.9. The van der Waals surface area contributed by atoms with E-state index in [4.69, 9.17) is 4.74 Å². The van der Waals surface area contributed by atoms with Gasteiger partial charge in [0.25, 0.3) is 0 Å². The van der Waals surface area contributed by atoms with Crippen LogP contribution < -0.4 is 14.5 Å². The minimum absolute atomic E-state index is 0.206. The maximum atomic E-state index is 13.2. The van der Waals surface area contributed by atoms with E-state index < -0.39 is 0 Å². The Morgan fingerprint density at radius 1 is 0.966 bits per heavy atom. The molecular formula is C25H34N2O2. The van der Waals surface area contributed by atoms with E-state index in [0.29, 0.717) is 19.6 Å². The van der Waals surface area contributed by atoms with Crippen LogP contribution in [0.2, 0.25) is 0 Å². The minimum atomic E-state index is 0.206. The van der Waals surface area contributed by atoms with Crippen LogP contribution in [0.3, 0.4) is 0 Å². The van der Waals surface area contributed by atoms with E-state index in [9.17, 15) is 4.79 Å². The van der Waals surface area contributed by atoms with Crippen LogP contribution in [0, 0.1) is 5.92 Å². The zero-order chi connectivity index (χ0) is 20.6. The Morgan fingerprint density at radius 2 is 1.59 bits per heavy atom. The zero-order valence-electron chi connectivity index (χ0n) is 18.1. The van der Waals surface area contributed by atoms with E-state index >= 15 is 0 Å². The Balaban J connectivity index is 1.74. The van der Waals surface area contributed by atoms with Gasteiger partial charge in [0.05, 0.1) is 13.2 Å². The van der Waals surface area contributed by atoms with E-state index in [1.807, 2.05) is 50.2 Å². The van der Waals surface area contributed by atoms with E-state index in [0.717, 1.165) is 35.0 Å². The van der Waals surface area contributed by atoms with Crippen molar-refractivity contribution in [2.75, 3.05) is 30.5 Å². The summed E-state index contributed by atoms with van der Waals surface area (Å²) in [6, 6.07) is 16.3. The highest BCUT2D eigenvalue weighted by Crippen LogP contribution is 2.30. The Hall–Kier alpha value is -2.49. The van der Waals surface area contributed by atoms with Crippen LogP contribution in [0.1, 0.15) is 51.0 Å². The smallest absolute Gasteiger partial charge is 0.227 e. The van der Waals surface area contributed by atoms with Crippen molar-refractivity contribution in [3.8, 4) is 5.75 Å². The second-order valence-electron chi connectivity index (χ2n) is 8.16. The molecule has 0 heterocycles. The number of carbonyl (C=O) groups excluding carboxylic acids is 1. The van der Waals surface area contributed by atoms with Gasteiger partial charge >= 0.3 is 0 Å². The van der Waals surface area contributed by atoms with Crippen LogP contribution >= 0.6 is 0 Å². The van der Waals surface area contributed by atoms with Crippen LogP contribution in [0.15, 0.2) is 48.5 Å². The topological polar surface area (TPSA) is 32.8 Å². The molecule has 0 aromatic heterocycles. The predicted molar refractivity (Wildman–Crippen MR) is 121 cm³/mol. The molecule has 4 heteroatoms. The van der Waals surface area contributed by atoms with Gasteiger partial charge in [-0.05, 0) is 61.2 Å². The number of carbonyl (C=O) groups is 1. The van der Waals surface area contributed by atoms with Crippen molar-refractivity contribution < 1.29 is 9.53 Å². The third-order valence-electron chi connectivity index (χ3n) is 5.80. The molecule has 156 valence electrons. The normalized spacial score (nSPS) is 14.0. The zero-order valence-corrected chi connectivity index (χ0v) is 18.1. The fourth-order valence-corrected chi connectivity index (χ4v) is 4.06. The quantitative estimate of drug-likeness (QED) is 0.550. The highest BCUT2D eigenvalue weighted by Gasteiger charge is 2.20. The van der Waals surface area contributed by atoms with Gasteiger partial charge in [-0.2, -0.15) is 0 Å². The standard InChI is InChI=1S/C25H34N2O2/c1-4-29-24-16-14-23(15-17-24)27(25(28)18-11-20-7-5-6-8-20)19-21-9-12-22(13-10-21)26(2)3/h9-10,12-17,20H,4-8,11,18-19H2,1-3H3. The second-order valence-corrected chi connectivity index (χ2v) is 8.16. The summed E-state index contributed by atoms with van der Waals surface area (Å²) in [5, 5.41) is 0. The molecule has 29 heavy (non-hydrogen) atoms. The Labute approximate surface area is 175 Å². The molecular weight excluding hydrogens is 360 g/mol. The number of amides is 1. The van der Waals surface area contributed by atoms with Crippen LogP contribution in [0.5, 0.6) is 5.75 Å². The Bertz CT molecular complexity index is 762. The first kappa shape index (κ1) is 21.2. The van der Waals surface area contributed by atoms with Gasteiger partial charge in [0, 0.05) is 31.9 Å². The average Bonchev–Trinajstić information content (AvgIpc) is 3.25. The first-order valence-electron chi connectivity index (χ1n) is 10.9. The summed E-state index contributed by atoms with van der Waals surface area (Å²) in [6.45, 7) is 3.21. The molecule has 0 spiro atoms. The molecule has 0 saturated heterocycles. The van der Waals surface area contributed by atoms with Crippen molar-refractivity contribution >= 4 is 17.3 Å². The lowest BCUT2D eigenvalue weighted by molar-refractivity contribution is -0.119. The van der Waals surface area contributed by atoms with E-state index in [1.165, 1.54) is 25.7 Å². The summed E-state index contributed by atoms with van der Waals surface area (Å²) in [5.74, 6) is 1.77. The van der Waals surface area contributed by atoms with Crippen molar-refractivity contribution in [1.82, 2.24) is 0 Å². The molecule has 0 aliphatic heterocycles. The minimum Gasteiger partial charge on any atom is -0.494 e. The fourth-order valence-electron chi connectivity index (χ4n) is 4.06. The first-order chi connectivity index (χ1) is 14.1. The van der Waals surface area contributed by atoms with Crippen LogP contribution in [-0.4, -0.2) is 26.6 Å². The molecule has 0 N–H and O–H groups in total. The van der Waals surface area contributed by atoms with E-state index in [-0.39, 0.29) is 5.91 Å². The number of nitrogens with zero attached hydrogens (tertiary/aromatic N) is 2. The maximum absolute atomic E-state index is 13.2. The number of ether oxygens (including phenoxy) is 1. The van der Waals surface area contributed by atoms with Gasteiger partial charge in [0.2, 0.25) is 5.91 Å². The number of hydrogen-bond acceptors (Lipinski definition) is 3.